The van der Waals surface area contributed by atoms with E-state index in [1.54, 1.807) is 32.9 Å². The number of likely N-dealkylation sites (tertiary alicyclic amines) is 1. The van der Waals surface area contributed by atoms with Gasteiger partial charge in [0.25, 0.3) is 5.69 Å². The number of carbonyl (C=O) groups excluding carboxylic acids is 2. The summed E-state index contributed by atoms with van der Waals surface area (Å²) >= 11 is 0. The summed E-state index contributed by atoms with van der Waals surface area (Å²) in [7, 11) is 0. The zero-order valence-corrected chi connectivity index (χ0v) is 21.9. The van der Waals surface area contributed by atoms with E-state index in [0.717, 1.165) is 25.9 Å². The summed E-state index contributed by atoms with van der Waals surface area (Å²) < 4.78 is 11.3. The van der Waals surface area contributed by atoms with Gasteiger partial charge in [-0.15, -0.1) is 0 Å². The second kappa shape index (κ2) is 12.0. The summed E-state index contributed by atoms with van der Waals surface area (Å²) in [4.78, 5) is 40.1. The first-order chi connectivity index (χ1) is 18.3. The van der Waals surface area contributed by atoms with Crippen LogP contribution in [0.5, 0.6) is 0 Å². The summed E-state index contributed by atoms with van der Waals surface area (Å²) in [5.74, 6) is -2.00. The Morgan fingerprint density at radius 1 is 1.05 bits per heavy atom. The van der Waals surface area contributed by atoms with Gasteiger partial charge in [0.2, 0.25) is 0 Å². The zero-order chi connectivity index (χ0) is 27.2. The van der Waals surface area contributed by atoms with Gasteiger partial charge < -0.3 is 14.8 Å². The molecule has 9 nitrogen and oxygen atoms in total. The number of esters is 2. The summed E-state index contributed by atoms with van der Waals surface area (Å²) in [5, 5.41) is 14.6. The fraction of sp³-hybridized carbons (Fsp3) is 0.379. The standard InChI is InChI=1S/C29H33N3O6/c1-4-37-28(33)25-19(2)30-20(3)26(27(25)22-12-8-13-23(16-22)32(35)36)29(34)38-24-14-9-15-31(18-24)17-21-10-6-5-7-11-21/h5-8,10-13,16,24,27,30H,4,9,14-15,17-18H2,1-3H3. The Kier molecular flexibility index (Phi) is 8.58. The molecule has 9 heteroatoms. The molecule has 1 N–H and O–H groups in total. The maximum Gasteiger partial charge on any atom is 0.337 e. The summed E-state index contributed by atoms with van der Waals surface area (Å²) in [6, 6.07) is 16.1. The lowest BCUT2D eigenvalue weighted by atomic mass is 9.80. The lowest BCUT2D eigenvalue weighted by molar-refractivity contribution is -0.384. The molecule has 0 bridgehead atoms. The quantitative estimate of drug-likeness (QED) is 0.306. The van der Waals surface area contributed by atoms with Crippen LogP contribution in [0.1, 0.15) is 50.7 Å². The number of nitrogens with zero attached hydrogens (tertiary/aromatic N) is 2. The zero-order valence-electron chi connectivity index (χ0n) is 21.9. The molecule has 2 atom stereocenters. The largest absolute Gasteiger partial charge is 0.463 e. The van der Waals surface area contributed by atoms with Crippen LogP contribution in [-0.2, 0) is 25.6 Å². The number of benzene rings is 2. The topological polar surface area (TPSA) is 111 Å². The molecular weight excluding hydrogens is 486 g/mol. The van der Waals surface area contributed by atoms with Crippen LogP contribution in [0, 0.1) is 10.1 Å². The highest BCUT2D eigenvalue weighted by atomic mass is 16.6. The maximum absolute atomic E-state index is 13.7. The predicted molar refractivity (Wildman–Crippen MR) is 142 cm³/mol. The van der Waals surface area contributed by atoms with Crippen LogP contribution in [0.3, 0.4) is 0 Å². The van der Waals surface area contributed by atoms with E-state index in [2.05, 4.69) is 22.3 Å². The Morgan fingerprint density at radius 2 is 1.76 bits per heavy atom. The number of nitro groups is 1. The number of hydrogen-bond acceptors (Lipinski definition) is 8. The van der Waals surface area contributed by atoms with Crippen molar-refractivity contribution in [2.75, 3.05) is 19.7 Å². The number of non-ortho nitro benzene ring substituents is 1. The fourth-order valence-corrected chi connectivity index (χ4v) is 5.20. The van der Waals surface area contributed by atoms with Gasteiger partial charge in [0, 0.05) is 36.6 Å². The van der Waals surface area contributed by atoms with E-state index < -0.39 is 22.8 Å². The minimum atomic E-state index is -0.869. The first-order valence-electron chi connectivity index (χ1n) is 12.9. The normalized spacial score (nSPS) is 20.1. The maximum atomic E-state index is 13.7. The van der Waals surface area contributed by atoms with Crippen LogP contribution >= 0.6 is 0 Å². The van der Waals surface area contributed by atoms with Crippen molar-refractivity contribution in [1.29, 1.82) is 0 Å². The van der Waals surface area contributed by atoms with Crippen LogP contribution in [0.2, 0.25) is 0 Å². The fourth-order valence-electron chi connectivity index (χ4n) is 5.20. The van der Waals surface area contributed by atoms with Crippen molar-refractivity contribution in [3.05, 3.63) is 98.4 Å². The van der Waals surface area contributed by atoms with E-state index in [9.17, 15) is 19.7 Å². The van der Waals surface area contributed by atoms with Gasteiger partial charge in [-0.05, 0) is 51.3 Å². The Morgan fingerprint density at radius 3 is 2.45 bits per heavy atom. The van der Waals surface area contributed by atoms with E-state index in [4.69, 9.17) is 9.47 Å². The highest BCUT2D eigenvalue weighted by Gasteiger charge is 2.39. The predicted octanol–water partition coefficient (Wildman–Crippen LogP) is 4.60. The van der Waals surface area contributed by atoms with Gasteiger partial charge in [-0.2, -0.15) is 0 Å². The van der Waals surface area contributed by atoms with Gasteiger partial charge in [0.1, 0.15) is 6.10 Å². The Balaban J connectivity index is 1.62. The molecule has 2 aliphatic heterocycles. The highest BCUT2D eigenvalue weighted by molar-refractivity contribution is 6.00. The summed E-state index contributed by atoms with van der Waals surface area (Å²) in [6.07, 6.45) is 1.31. The number of nitrogens with one attached hydrogen (secondary N) is 1. The summed E-state index contributed by atoms with van der Waals surface area (Å²) in [6.45, 7) is 7.61. The molecule has 38 heavy (non-hydrogen) atoms. The lowest BCUT2D eigenvalue weighted by Gasteiger charge is -2.34. The third-order valence-corrected chi connectivity index (χ3v) is 6.87. The average Bonchev–Trinajstić information content (AvgIpc) is 2.89. The number of piperidine rings is 1. The smallest absolute Gasteiger partial charge is 0.337 e. The first kappa shape index (κ1) is 27.1. The van der Waals surface area contributed by atoms with Crippen LogP contribution in [0.4, 0.5) is 5.69 Å². The van der Waals surface area contributed by atoms with Gasteiger partial charge in [0.05, 0.1) is 28.6 Å². The van der Waals surface area contributed by atoms with Gasteiger partial charge in [-0.3, -0.25) is 15.0 Å². The summed E-state index contributed by atoms with van der Waals surface area (Å²) in [5.41, 5.74) is 3.06. The van der Waals surface area contributed by atoms with Crippen molar-refractivity contribution >= 4 is 17.6 Å². The molecule has 0 spiro atoms. The highest BCUT2D eigenvalue weighted by Crippen LogP contribution is 2.40. The molecule has 0 amide bonds. The number of nitro benzene ring substituents is 1. The number of carbonyl (C=O) groups is 2. The van der Waals surface area contributed by atoms with E-state index in [1.165, 1.54) is 17.7 Å². The molecule has 2 heterocycles. The van der Waals surface area contributed by atoms with Crippen molar-refractivity contribution in [1.82, 2.24) is 10.2 Å². The molecule has 2 unspecified atom stereocenters. The van der Waals surface area contributed by atoms with E-state index in [-0.39, 0.29) is 29.5 Å². The van der Waals surface area contributed by atoms with Gasteiger partial charge in [-0.1, -0.05) is 42.5 Å². The van der Waals surface area contributed by atoms with Crippen molar-refractivity contribution < 1.29 is 24.0 Å². The Hall–Kier alpha value is -3.98. The number of ether oxygens (including phenoxy) is 2. The third-order valence-electron chi connectivity index (χ3n) is 6.87. The Bertz CT molecular complexity index is 1270. The number of allylic oxidation sites excluding steroid dienone is 2. The Labute approximate surface area is 222 Å². The van der Waals surface area contributed by atoms with Gasteiger partial charge in [0.15, 0.2) is 0 Å². The molecule has 2 aromatic carbocycles. The second-order valence-corrected chi connectivity index (χ2v) is 9.60. The molecule has 1 saturated heterocycles. The lowest BCUT2D eigenvalue weighted by Crippen LogP contribution is -2.41. The molecule has 200 valence electrons. The van der Waals surface area contributed by atoms with E-state index in [0.29, 0.717) is 23.5 Å². The minimum Gasteiger partial charge on any atom is -0.463 e. The molecule has 4 rings (SSSR count). The number of dihydropyridines is 1. The molecular formula is C29H33N3O6. The van der Waals surface area contributed by atoms with E-state index >= 15 is 0 Å². The van der Waals surface area contributed by atoms with Gasteiger partial charge >= 0.3 is 11.9 Å². The van der Waals surface area contributed by atoms with Crippen LogP contribution in [0.15, 0.2) is 77.1 Å². The van der Waals surface area contributed by atoms with Crippen LogP contribution in [-0.4, -0.2) is 47.6 Å². The van der Waals surface area contributed by atoms with Gasteiger partial charge in [-0.25, -0.2) is 9.59 Å². The van der Waals surface area contributed by atoms with Crippen molar-refractivity contribution in [3.8, 4) is 0 Å². The number of hydrogen-bond donors (Lipinski definition) is 1. The molecule has 1 fully saturated rings. The molecule has 0 radical (unpaired) electrons. The monoisotopic (exact) mass is 519 g/mol. The van der Waals surface area contributed by atoms with Crippen LogP contribution in [0.25, 0.3) is 0 Å². The van der Waals surface area contributed by atoms with Crippen molar-refractivity contribution in [2.45, 2.75) is 52.2 Å². The third kappa shape index (κ3) is 6.11. The SMILES string of the molecule is CCOC(=O)C1=C(C)NC(C)=C(C(=O)OC2CCCN(Cc3ccccc3)C2)C1c1cccc([N+](=O)[O-])c1. The van der Waals surface area contributed by atoms with Crippen molar-refractivity contribution in [3.63, 3.8) is 0 Å². The first-order valence-corrected chi connectivity index (χ1v) is 12.9. The van der Waals surface area contributed by atoms with Crippen LogP contribution < -0.4 is 5.32 Å². The number of rotatable bonds is 8. The molecule has 0 saturated carbocycles. The minimum absolute atomic E-state index is 0.129. The molecule has 0 aromatic heterocycles. The average molecular weight is 520 g/mol. The van der Waals surface area contributed by atoms with E-state index in [1.807, 2.05) is 18.2 Å². The van der Waals surface area contributed by atoms with Crippen molar-refractivity contribution in [2.24, 2.45) is 0 Å². The molecule has 2 aliphatic rings. The second-order valence-electron chi connectivity index (χ2n) is 9.60. The molecule has 0 aliphatic carbocycles. The molecule has 2 aromatic rings.